The molecule has 21 heavy (non-hydrogen) atoms. The van der Waals surface area contributed by atoms with Gasteiger partial charge in [0.1, 0.15) is 11.5 Å². The molecule has 2 unspecified atom stereocenters. The summed E-state index contributed by atoms with van der Waals surface area (Å²) in [5.41, 5.74) is 8.77. The molecular weight excluding hydrogens is 330 g/mol. The van der Waals surface area contributed by atoms with Gasteiger partial charge in [-0.2, -0.15) is 0 Å². The largest absolute Gasteiger partial charge is 0.496 e. The molecule has 110 valence electrons. The summed E-state index contributed by atoms with van der Waals surface area (Å²) in [5.74, 6) is 2.06. The quantitative estimate of drug-likeness (QED) is 0.920. The first-order chi connectivity index (χ1) is 10.2. The molecule has 0 aliphatic carbocycles. The van der Waals surface area contributed by atoms with E-state index in [1.54, 1.807) is 7.11 Å². The Hall–Kier alpha value is -1.52. The molecule has 2 atom stereocenters. The van der Waals surface area contributed by atoms with E-state index in [4.69, 9.17) is 15.2 Å². The molecule has 4 heteroatoms. The first-order valence-corrected chi connectivity index (χ1v) is 7.78. The number of benzene rings is 2. The van der Waals surface area contributed by atoms with E-state index < -0.39 is 0 Å². The Morgan fingerprint density at radius 2 is 2.14 bits per heavy atom. The van der Waals surface area contributed by atoms with Gasteiger partial charge >= 0.3 is 0 Å². The third-order valence-corrected chi connectivity index (χ3v) is 4.45. The van der Waals surface area contributed by atoms with E-state index in [1.807, 2.05) is 30.3 Å². The number of rotatable bonds is 4. The highest BCUT2D eigenvalue weighted by Gasteiger charge is 2.29. The van der Waals surface area contributed by atoms with Gasteiger partial charge in [0.05, 0.1) is 13.7 Å². The van der Waals surface area contributed by atoms with E-state index in [0.29, 0.717) is 6.61 Å². The Balaban J connectivity index is 1.82. The summed E-state index contributed by atoms with van der Waals surface area (Å²) in [4.78, 5) is 0. The number of hydrogen-bond acceptors (Lipinski definition) is 3. The maximum Gasteiger partial charge on any atom is 0.122 e. The zero-order valence-corrected chi connectivity index (χ0v) is 13.5. The molecule has 3 nitrogen and oxygen atoms in total. The molecule has 0 amide bonds. The zero-order chi connectivity index (χ0) is 14.8. The summed E-state index contributed by atoms with van der Waals surface area (Å²) < 4.78 is 12.2. The molecule has 0 saturated carbocycles. The van der Waals surface area contributed by atoms with Crippen molar-refractivity contribution in [2.45, 2.75) is 18.4 Å². The number of halogens is 1. The van der Waals surface area contributed by atoms with Crippen LogP contribution in [0.2, 0.25) is 0 Å². The van der Waals surface area contributed by atoms with E-state index in [0.717, 1.165) is 28.0 Å². The number of nitrogens with two attached hydrogens (primary N) is 1. The lowest BCUT2D eigenvalue weighted by Crippen LogP contribution is -2.31. The van der Waals surface area contributed by atoms with Crippen LogP contribution in [0.15, 0.2) is 46.9 Å². The van der Waals surface area contributed by atoms with Crippen LogP contribution < -0.4 is 15.2 Å². The van der Waals surface area contributed by atoms with Crippen molar-refractivity contribution < 1.29 is 9.47 Å². The maximum absolute atomic E-state index is 6.45. The number of ether oxygens (including phenoxy) is 2. The van der Waals surface area contributed by atoms with Crippen LogP contribution in [0.25, 0.3) is 0 Å². The first-order valence-electron chi connectivity index (χ1n) is 6.98. The second kappa shape index (κ2) is 6.08. The van der Waals surface area contributed by atoms with Crippen molar-refractivity contribution in [1.29, 1.82) is 0 Å². The Morgan fingerprint density at radius 3 is 2.95 bits per heavy atom. The normalized spacial score (nSPS) is 18.0. The van der Waals surface area contributed by atoms with Crippen LogP contribution in [0.4, 0.5) is 0 Å². The van der Waals surface area contributed by atoms with Gasteiger partial charge in [-0.05, 0) is 36.2 Å². The van der Waals surface area contributed by atoms with Gasteiger partial charge in [-0.15, -0.1) is 0 Å². The van der Waals surface area contributed by atoms with E-state index in [-0.39, 0.29) is 12.0 Å². The topological polar surface area (TPSA) is 44.5 Å². The molecule has 3 rings (SSSR count). The van der Waals surface area contributed by atoms with Gasteiger partial charge in [-0.3, -0.25) is 0 Å². The number of fused-ring (bicyclic) bond motifs is 1. The third kappa shape index (κ3) is 2.92. The van der Waals surface area contributed by atoms with Gasteiger partial charge in [0.25, 0.3) is 0 Å². The van der Waals surface area contributed by atoms with Crippen molar-refractivity contribution in [3.63, 3.8) is 0 Å². The highest BCUT2D eigenvalue weighted by Crippen LogP contribution is 2.36. The lowest BCUT2D eigenvalue weighted by atomic mass is 9.89. The van der Waals surface area contributed by atoms with Gasteiger partial charge in [-0.1, -0.05) is 34.1 Å². The highest BCUT2D eigenvalue weighted by atomic mass is 79.9. The van der Waals surface area contributed by atoms with Crippen molar-refractivity contribution in [2.24, 2.45) is 5.73 Å². The molecular formula is C17H18BrNO2. The summed E-state index contributed by atoms with van der Waals surface area (Å²) in [5, 5.41) is 0. The zero-order valence-electron chi connectivity index (χ0n) is 11.9. The average molecular weight is 348 g/mol. The van der Waals surface area contributed by atoms with E-state index in [2.05, 4.69) is 28.1 Å². The predicted octanol–water partition coefficient (Wildman–Crippen LogP) is 3.50. The molecule has 0 bridgehead atoms. The molecule has 2 aromatic carbocycles. The molecule has 1 aliphatic rings. The van der Waals surface area contributed by atoms with Crippen molar-refractivity contribution in [1.82, 2.24) is 0 Å². The van der Waals surface area contributed by atoms with Crippen molar-refractivity contribution in [3.8, 4) is 11.5 Å². The minimum atomic E-state index is -0.00292. The Kier molecular flexibility index (Phi) is 4.17. The van der Waals surface area contributed by atoms with Gasteiger partial charge < -0.3 is 15.2 Å². The summed E-state index contributed by atoms with van der Waals surface area (Å²) in [6.45, 7) is 0.650. The molecule has 0 fully saturated rings. The molecule has 2 aromatic rings. The summed E-state index contributed by atoms with van der Waals surface area (Å²) in [7, 11) is 1.69. The maximum atomic E-state index is 6.45. The van der Waals surface area contributed by atoms with E-state index in [9.17, 15) is 0 Å². The van der Waals surface area contributed by atoms with Crippen LogP contribution in [-0.2, 0) is 6.42 Å². The van der Waals surface area contributed by atoms with Gasteiger partial charge in [0.15, 0.2) is 0 Å². The Labute approximate surface area is 133 Å². The second-order valence-corrected chi connectivity index (χ2v) is 6.20. The SMILES string of the molecule is COc1ccc(Br)cc1CC(N)C1COc2ccccc21. The Morgan fingerprint density at radius 1 is 1.33 bits per heavy atom. The molecule has 0 radical (unpaired) electrons. The van der Waals surface area contributed by atoms with Gasteiger partial charge in [-0.25, -0.2) is 0 Å². The fourth-order valence-electron chi connectivity index (χ4n) is 2.84. The third-order valence-electron chi connectivity index (χ3n) is 3.95. The number of para-hydroxylation sites is 1. The van der Waals surface area contributed by atoms with Crippen molar-refractivity contribution in [2.75, 3.05) is 13.7 Å². The average Bonchev–Trinajstić information content (AvgIpc) is 2.91. The lowest BCUT2D eigenvalue weighted by Gasteiger charge is -2.20. The molecule has 0 saturated heterocycles. The Bertz CT molecular complexity index is 644. The van der Waals surface area contributed by atoms with Crippen molar-refractivity contribution in [3.05, 3.63) is 58.1 Å². The fourth-order valence-corrected chi connectivity index (χ4v) is 3.25. The van der Waals surface area contributed by atoms with E-state index in [1.165, 1.54) is 5.56 Å². The molecule has 1 heterocycles. The van der Waals surface area contributed by atoms with Crippen LogP contribution >= 0.6 is 15.9 Å². The minimum Gasteiger partial charge on any atom is -0.496 e. The molecule has 2 N–H and O–H groups in total. The van der Waals surface area contributed by atoms with Crippen molar-refractivity contribution >= 4 is 15.9 Å². The predicted molar refractivity (Wildman–Crippen MR) is 87.1 cm³/mol. The van der Waals surface area contributed by atoms with Crippen LogP contribution in [0.3, 0.4) is 0 Å². The lowest BCUT2D eigenvalue weighted by molar-refractivity contribution is 0.312. The van der Waals surface area contributed by atoms with E-state index >= 15 is 0 Å². The first kappa shape index (κ1) is 14.4. The molecule has 0 spiro atoms. The fraction of sp³-hybridized carbons (Fsp3) is 0.294. The molecule has 0 aromatic heterocycles. The summed E-state index contributed by atoms with van der Waals surface area (Å²) in [6.07, 6.45) is 0.755. The summed E-state index contributed by atoms with van der Waals surface area (Å²) >= 11 is 3.50. The smallest absolute Gasteiger partial charge is 0.122 e. The van der Waals surface area contributed by atoms with Crippen LogP contribution in [0.5, 0.6) is 11.5 Å². The standard InChI is InChI=1S/C17H18BrNO2/c1-20-16-7-6-12(18)8-11(16)9-15(19)14-10-21-17-5-3-2-4-13(14)17/h2-8,14-15H,9-10,19H2,1H3. The number of methoxy groups -OCH3 is 1. The van der Waals surface area contributed by atoms with Crippen LogP contribution in [-0.4, -0.2) is 19.8 Å². The van der Waals surface area contributed by atoms with Crippen LogP contribution in [0.1, 0.15) is 17.0 Å². The number of hydrogen-bond donors (Lipinski definition) is 1. The molecule has 1 aliphatic heterocycles. The highest BCUT2D eigenvalue weighted by molar-refractivity contribution is 9.10. The van der Waals surface area contributed by atoms with Gasteiger partial charge in [0, 0.05) is 22.0 Å². The van der Waals surface area contributed by atoms with Crippen LogP contribution in [0, 0.1) is 0 Å². The monoisotopic (exact) mass is 347 g/mol. The minimum absolute atomic E-state index is 0.00292. The second-order valence-electron chi connectivity index (χ2n) is 5.28. The summed E-state index contributed by atoms with van der Waals surface area (Å²) in [6, 6.07) is 14.1. The van der Waals surface area contributed by atoms with Gasteiger partial charge in [0.2, 0.25) is 0 Å².